The summed E-state index contributed by atoms with van der Waals surface area (Å²) >= 11 is 0. The molecule has 24 heavy (non-hydrogen) atoms. The third-order valence-corrected chi connectivity index (χ3v) is 3.48. The number of hydrogen-bond acceptors (Lipinski definition) is 3. The topological polar surface area (TPSA) is 95.5 Å². The molecule has 0 fully saturated rings. The van der Waals surface area contributed by atoms with E-state index in [4.69, 9.17) is 5.11 Å². The van der Waals surface area contributed by atoms with Gasteiger partial charge in [-0.15, -0.1) is 0 Å². The van der Waals surface area contributed by atoms with Crippen molar-refractivity contribution in [3.8, 4) is 0 Å². The maximum atomic E-state index is 12.3. The van der Waals surface area contributed by atoms with Gasteiger partial charge in [-0.05, 0) is 48.9 Å². The zero-order valence-electron chi connectivity index (χ0n) is 13.4. The number of anilines is 2. The highest BCUT2D eigenvalue weighted by atomic mass is 16.4. The van der Waals surface area contributed by atoms with E-state index in [1.54, 1.807) is 44.2 Å². The van der Waals surface area contributed by atoms with Crippen LogP contribution in [0, 0.1) is 6.92 Å². The minimum absolute atomic E-state index is 0.103. The van der Waals surface area contributed by atoms with Crippen molar-refractivity contribution in [2.45, 2.75) is 20.3 Å². The molecule has 2 rings (SSSR count). The van der Waals surface area contributed by atoms with Crippen molar-refractivity contribution in [1.82, 2.24) is 0 Å². The van der Waals surface area contributed by atoms with Crippen molar-refractivity contribution in [3.63, 3.8) is 0 Å². The fourth-order valence-electron chi connectivity index (χ4n) is 2.04. The number of carboxylic acid groups (broad SMARTS) is 1. The molecule has 0 aliphatic heterocycles. The van der Waals surface area contributed by atoms with Gasteiger partial charge in [0.1, 0.15) is 0 Å². The molecular formula is C18H18N2O4. The minimum atomic E-state index is -1.05. The van der Waals surface area contributed by atoms with Crippen molar-refractivity contribution < 1.29 is 19.5 Å². The van der Waals surface area contributed by atoms with E-state index in [1.165, 1.54) is 12.1 Å². The maximum absolute atomic E-state index is 12.3. The Morgan fingerprint density at radius 1 is 0.958 bits per heavy atom. The number of carboxylic acids is 1. The van der Waals surface area contributed by atoms with Crippen LogP contribution >= 0.6 is 0 Å². The van der Waals surface area contributed by atoms with Gasteiger partial charge in [-0.3, -0.25) is 9.59 Å². The van der Waals surface area contributed by atoms with Gasteiger partial charge in [-0.2, -0.15) is 0 Å². The van der Waals surface area contributed by atoms with Gasteiger partial charge in [0.25, 0.3) is 5.91 Å². The Bertz CT molecular complexity index is 782. The number of benzene rings is 2. The highest BCUT2D eigenvalue weighted by Crippen LogP contribution is 2.19. The lowest BCUT2D eigenvalue weighted by molar-refractivity contribution is -0.115. The molecule has 0 aliphatic rings. The molecule has 124 valence electrons. The van der Waals surface area contributed by atoms with Gasteiger partial charge in [0.05, 0.1) is 5.56 Å². The summed E-state index contributed by atoms with van der Waals surface area (Å²) in [5.41, 5.74) is 2.34. The second-order valence-corrected chi connectivity index (χ2v) is 5.27. The summed E-state index contributed by atoms with van der Waals surface area (Å²) < 4.78 is 0. The van der Waals surface area contributed by atoms with Crippen LogP contribution in [-0.2, 0) is 4.79 Å². The number of aromatic carboxylic acids is 1. The zero-order chi connectivity index (χ0) is 17.7. The van der Waals surface area contributed by atoms with Crippen molar-refractivity contribution in [2.24, 2.45) is 0 Å². The molecule has 0 aliphatic carbocycles. The van der Waals surface area contributed by atoms with Crippen LogP contribution in [0.1, 0.15) is 39.6 Å². The minimum Gasteiger partial charge on any atom is -0.478 e. The Morgan fingerprint density at radius 3 is 2.17 bits per heavy atom. The molecule has 2 amide bonds. The van der Waals surface area contributed by atoms with E-state index in [-0.39, 0.29) is 17.4 Å². The van der Waals surface area contributed by atoms with Gasteiger partial charge in [-0.1, -0.05) is 13.0 Å². The van der Waals surface area contributed by atoms with E-state index in [0.717, 1.165) is 5.56 Å². The predicted molar refractivity (Wildman–Crippen MR) is 91.5 cm³/mol. The molecule has 0 spiro atoms. The summed E-state index contributed by atoms with van der Waals surface area (Å²) in [4.78, 5) is 34.6. The van der Waals surface area contributed by atoms with Crippen molar-refractivity contribution >= 4 is 29.2 Å². The van der Waals surface area contributed by atoms with Crippen LogP contribution in [0.15, 0.2) is 42.5 Å². The summed E-state index contributed by atoms with van der Waals surface area (Å²) in [5.74, 6) is -1.51. The van der Waals surface area contributed by atoms with Crippen molar-refractivity contribution in [2.75, 3.05) is 10.6 Å². The highest BCUT2D eigenvalue weighted by molar-refractivity contribution is 6.05. The molecule has 0 saturated carbocycles. The van der Waals surface area contributed by atoms with Crippen LogP contribution in [-0.4, -0.2) is 22.9 Å². The fourth-order valence-corrected chi connectivity index (χ4v) is 2.04. The van der Waals surface area contributed by atoms with Crippen LogP contribution in [0.3, 0.4) is 0 Å². The number of rotatable bonds is 5. The molecule has 0 heterocycles. The number of amides is 2. The molecule has 3 N–H and O–H groups in total. The third kappa shape index (κ3) is 4.19. The summed E-state index contributed by atoms with van der Waals surface area (Å²) in [7, 11) is 0. The Balaban J connectivity index is 2.14. The van der Waals surface area contributed by atoms with Gasteiger partial charge < -0.3 is 15.7 Å². The molecule has 6 nitrogen and oxygen atoms in total. The van der Waals surface area contributed by atoms with Crippen LogP contribution in [0.2, 0.25) is 0 Å². The van der Waals surface area contributed by atoms with Crippen LogP contribution in [0.4, 0.5) is 11.4 Å². The Hall–Kier alpha value is -3.15. The average Bonchev–Trinajstić information content (AvgIpc) is 2.57. The van der Waals surface area contributed by atoms with Crippen molar-refractivity contribution in [1.29, 1.82) is 0 Å². The third-order valence-electron chi connectivity index (χ3n) is 3.48. The monoisotopic (exact) mass is 326 g/mol. The standard InChI is InChI=1S/C18H18N2O4/c1-3-16(21)19-14-8-6-12(7-9-14)17(22)20-15-10-13(18(23)24)5-4-11(15)2/h4-10H,3H2,1-2H3,(H,19,21)(H,20,22)(H,23,24). The Labute approximate surface area is 139 Å². The first-order chi connectivity index (χ1) is 11.4. The van der Waals surface area contributed by atoms with E-state index in [0.29, 0.717) is 23.4 Å². The predicted octanol–water partition coefficient (Wildman–Crippen LogP) is 3.29. The second kappa shape index (κ2) is 7.41. The molecule has 2 aromatic rings. The summed E-state index contributed by atoms with van der Waals surface area (Å²) in [6.45, 7) is 3.54. The number of nitrogens with one attached hydrogen (secondary N) is 2. The van der Waals surface area contributed by atoms with Gasteiger partial charge >= 0.3 is 5.97 Å². The summed E-state index contributed by atoms with van der Waals surface area (Å²) in [6, 6.07) is 11.0. The second-order valence-electron chi connectivity index (χ2n) is 5.27. The number of aryl methyl sites for hydroxylation is 1. The molecule has 0 bridgehead atoms. The molecule has 0 saturated heterocycles. The number of carbonyl (C=O) groups excluding carboxylic acids is 2. The van der Waals surface area contributed by atoms with Crippen LogP contribution in [0.5, 0.6) is 0 Å². The normalized spacial score (nSPS) is 10.1. The molecule has 0 aromatic heterocycles. The smallest absolute Gasteiger partial charge is 0.335 e. The Kier molecular flexibility index (Phi) is 5.31. The average molecular weight is 326 g/mol. The SMILES string of the molecule is CCC(=O)Nc1ccc(C(=O)Nc2cc(C(=O)O)ccc2C)cc1. The quantitative estimate of drug-likeness (QED) is 0.785. The molecule has 0 radical (unpaired) electrons. The maximum Gasteiger partial charge on any atom is 0.335 e. The van der Waals surface area contributed by atoms with E-state index in [1.807, 2.05) is 0 Å². The lowest BCUT2D eigenvalue weighted by Crippen LogP contribution is -2.14. The lowest BCUT2D eigenvalue weighted by Gasteiger charge is -2.10. The van der Waals surface area contributed by atoms with Gasteiger partial charge in [0.15, 0.2) is 0 Å². The molecule has 2 aromatic carbocycles. The molecule has 0 unspecified atom stereocenters. The molecule has 6 heteroatoms. The van der Waals surface area contributed by atoms with E-state index >= 15 is 0 Å². The fraction of sp³-hybridized carbons (Fsp3) is 0.167. The highest BCUT2D eigenvalue weighted by Gasteiger charge is 2.11. The van der Waals surface area contributed by atoms with E-state index in [2.05, 4.69) is 10.6 Å². The van der Waals surface area contributed by atoms with Gasteiger partial charge in [0.2, 0.25) is 5.91 Å². The first-order valence-corrected chi connectivity index (χ1v) is 7.46. The largest absolute Gasteiger partial charge is 0.478 e. The number of hydrogen-bond donors (Lipinski definition) is 3. The Morgan fingerprint density at radius 2 is 1.58 bits per heavy atom. The van der Waals surface area contributed by atoms with Gasteiger partial charge in [-0.25, -0.2) is 4.79 Å². The first-order valence-electron chi connectivity index (χ1n) is 7.46. The van der Waals surface area contributed by atoms with Crippen LogP contribution in [0.25, 0.3) is 0 Å². The molecule has 0 atom stereocenters. The number of carbonyl (C=O) groups is 3. The van der Waals surface area contributed by atoms with E-state index in [9.17, 15) is 14.4 Å². The van der Waals surface area contributed by atoms with Crippen molar-refractivity contribution in [3.05, 3.63) is 59.2 Å². The van der Waals surface area contributed by atoms with Gasteiger partial charge in [0, 0.05) is 23.4 Å². The van der Waals surface area contributed by atoms with E-state index < -0.39 is 5.97 Å². The lowest BCUT2D eigenvalue weighted by atomic mass is 10.1. The summed E-state index contributed by atoms with van der Waals surface area (Å²) in [6.07, 6.45) is 0.376. The zero-order valence-corrected chi connectivity index (χ0v) is 13.4. The molecular weight excluding hydrogens is 308 g/mol. The van der Waals surface area contributed by atoms with Crippen LogP contribution < -0.4 is 10.6 Å². The summed E-state index contributed by atoms with van der Waals surface area (Å²) in [5, 5.41) is 14.4. The first kappa shape index (κ1) is 17.2.